The van der Waals surface area contributed by atoms with E-state index in [1.807, 2.05) is 0 Å². The largest absolute Gasteiger partial charge is 0.497 e. The summed E-state index contributed by atoms with van der Waals surface area (Å²) in [5.41, 5.74) is 7.49. The zero-order chi connectivity index (χ0) is 34.6. The topological polar surface area (TPSA) is 146 Å². The minimum Gasteiger partial charge on any atom is -0.497 e. The highest BCUT2D eigenvalue weighted by Gasteiger charge is 2.38. The predicted octanol–water partition coefficient (Wildman–Crippen LogP) is 4.57. The van der Waals surface area contributed by atoms with Crippen LogP contribution in [0.15, 0.2) is 51.2 Å². The van der Waals surface area contributed by atoms with E-state index < -0.39 is 12.5 Å². The molecule has 1 aliphatic heterocycles. The molecule has 1 aromatic heterocycles. The lowest BCUT2D eigenvalue weighted by Gasteiger charge is -2.43. The lowest BCUT2D eigenvalue weighted by atomic mass is 9.64. The Kier molecular flexibility index (Phi) is 10.8. The molecule has 11 nitrogen and oxygen atoms in total. The number of ether oxygens (including phenoxy) is 1. The van der Waals surface area contributed by atoms with Gasteiger partial charge in [0.1, 0.15) is 24.6 Å². The molecule has 0 amide bonds. The molecule has 4 atom stereocenters. The van der Waals surface area contributed by atoms with Crippen LogP contribution in [0.4, 0.5) is 14.5 Å². The summed E-state index contributed by atoms with van der Waals surface area (Å²) in [5.74, 6) is 1.44. The van der Waals surface area contributed by atoms with Crippen molar-refractivity contribution in [3.05, 3.63) is 64.0 Å². The third-order valence-corrected chi connectivity index (χ3v) is 9.97. The first-order valence-electron chi connectivity index (χ1n) is 16.5. The maximum Gasteiger partial charge on any atom is 0.261 e. The van der Waals surface area contributed by atoms with Gasteiger partial charge in [0, 0.05) is 37.9 Å². The first kappa shape index (κ1) is 34.9. The van der Waals surface area contributed by atoms with Gasteiger partial charge in [-0.2, -0.15) is 0 Å². The summed E-state index contributed by atoms with van der Waals surface area (Å²) >= 11 is 0. The summed E-state index contributed by atoms with van der Waals surface area (Å²) < 4.78 is 34.9. The smallest absolute Gasteiger partial charge is 0.261 e. The van der Waals surface area contributed by atoms with Crippen molar-refractivity contribution in [1.82, 2.24) is 19.8 Å². The number of methoxy groups -OCH3 is 1. The van der Waals surface area contributed by atoms with E-state index in [1.165, 1.54) is 17.7 Å². The maximum absolute atomic E-state index is 14.7. The van der Waals surface area contributed by atoms with Gasteiger partial charge in [-0.15, -0.1) is 0 Å². The van der Waals surface area contributed by atoms with Crippen LogP contribution in [-0.4, -0.2) is 78.1 Å². The molecule has 5 N–H and O–H groups in total. The van der Waals surface area contributed by atoms with Crippen LogP contribution in [0.25, 0.3) is 10.9 Å². The number of alkyl halides is 1. The number of hydrogen-bond acceptors (Lipinski definition) is 6. The highest BCUT2D eigenvalue weighted by Crippen LogP contribution is 2.44. The minimum atomic E-state index is -0.479. The van der Waals surface area contributed by atoms with E-state index in [4.69, 9.17) is 25.9 Å². The predicted molar refractivity (Wildman–Crippen MR) is 188 cm³/mol. The molecule has 2 aliphatic rings. The summed E-state index contributed by atoms with van der Waals surface area (Å²) in [6, 6.07) is 9.62. The fraction of sp³-hybridized carbons (Fsp3) is 0.514. The lowest BCUT2D eigenvalue weighted by Crippen LogP contribution is -2.55. The zero-order valence-corrected chi connectivity index (χ0v) is 28.4. The lowest BCUT2D eigenvalue weighted by molar-refractivity contribution is 0.0978. The number of nitrogens with zero attached hydrogens (tertiary/aromatic N) is 5. The van der Waals surface area contributed by atoms with Crippen LogP contribution in [0, 0.1) is 28.5 Å². The molecule has 13 heteroatoms. The van der Waals surface area contributed by atoms with Crippen LogP contribution in [0.2, 0.25) is 0 Å². The minimum absolute atomic E-state index is 0.0801. The molecule has 0 spiro atoms. The van der Waals surface area contributed by atoms with Gasteiger partial charge in [-0.05, 0) is 66.3 Å². The van der Waals surface area contributed by atoms with Crippen molar-refractivity contribution in [3.63, 3.8) is 0 Å². The first-order chi connectivity index (χ1) is 22.9. The van der Waals surface area contributed by atoms with Crippen LogP contribution in [0.5, 0.6) is 5.75 Å². The molecule has 2 fully saturated rings. The Hall–Kier alpha value is -4.39. The quantitative estimate of drug-likeness (QED) is 0.194. The maximum atomic E-state index is 14.7. The van der Waals surface area contributed by atoms with Crippen molar-refractivity contribution in [2.24, 2.45) is 33.0 Å². The molecular formula is C35H47F2N9O2. The van der Waals surface area contributed by atoms with Crippen molar-refractivity contribution < 1.29 is 13.5 Å². The Balaban J connectivity index is 1.50. The normalized spacial score (nSPS) is 23.3. The molecule has 2 aromatic carbocycles. The van der Waals surface area contributed by atoms with Gasteiger partial charge in [-0.1, -0.05) is 33.8 Å². The number of guanidine groups is 1. The highest BCUT2D eigenvalue weighted by molar-refractivity contribution is 6.00. The van der Waals surface area contributed by atoms with Gasteiger partial charge in [0.15, 0.2) is 17.6 Å². The van der Waals surface area contributed by atoms with Crippen molar-refractivity contribution in [3.8, 4) is 5.75 Å². The average molecular weight is 664 g/mol. The van der Waals surface area contributed by atoms with Crippen LogP contribution < -0.4 is 26.7 Å². The second kappa shape index (κ2) is 14.8. The molecule has 2 heterocycles. The second-order valence-electron chi connectivity index (χ2n) is 13.7. The van der Waals surface area contributed by atoms with Crippen molar-refractivity contribution in [2.75, 3.05) is 38.7 Å². The summed E-state index contributed by atoms with van der Waals surface area (Å²) in [6.45, 7) is 10.5. The van der Waals surface area contributed by atoms with Crippen molar-refractivity contribution in [1.29, 1.82) is 5.41 Å². The number of rotatable bonds is 9. The van der Waals surface area contributed by atoms with Crippen LogP contribution in [0.1, 0.15) is 51.9 Å². The van der Waals surface area contributed by atoms with Gasteiger partial charge in [-0.25, -0.2) is 23.7 Å². The molecule has 5 rings (SSSR count). The third-order valence-electron chi connectivity index (χ3n) is 9.97. The number of aliphatic imine (C=N–C) groups is 2. The van der Waals surface area contributed by atoms with Crippen LogP contribution in [0.3, 0.4) is 0 Å². The van der Waals surface area contributed by atoms with Gasteiger partial charge >= 0.3 is 0 Å². The number of benzene rings is 2. The number of halogens is 2. The number of piperazine rings is 1. The molecule has 1 aliphatic carbocycles. The Morgan fingerprint density at radius 2 is 2.06 bits per heavy atom. The zero-order valence-electron chi connectivity index (χ0n) is 28.4. The Bertz CT molecular complexity index is 1760. The molecule has 1 unspecified atom stereocenters. The van der Waals surface area contributed by atoms with Crippen LogP contribution >= 0.6 is 0 Å². The fourth-order valence-corrected chi connectivity index (χ4v) is 6.78. The van der Waals surface area contributed by atoms with E-state index in [0.29, 0.717) is 65.3 Å². The van der Waals surface area contributed by atoms with E-state index in [9.17, 15) is 13.6 Å². The van der Waals surface area contributed by atoms with Gasteiger partial charge in [0.25, 0.3) is 5.56 Å². The van der Waals surface area contributed by atoms with Crippen molar-refractivity contribution >= 4 is 34.7 Å². The first-order valence-corrected chi connectivity index (χ1v) is 16.5. The summed E-state index contributed by atoms with van der Waals surface area (Å²) in [4.78, 5) is 29.8. The molecular weight excluding hydrogens is 616 g/mol. The van der Waals surface area contributed by atoms with E-state index in [1.54, 1.807) is 30.3 Å². The second-order valence-corrected chi connectivity index (χ2v) is 13.7. The van der Waals surface area contributed by atoms with Gasteiger partial charge in [0.2, 0.25) is 0 Å². The Morgan fingerprint density at radius 3 is 2.77 bits per heavy atom. The Labute approximate surface area is 280 Å². The van der Waals surface area contributed by atoms with E-state index in [-0.39, 0.29) is 47.7 Å². The molecule has 48 heavy (non-hydrogen) atoms. The van der Waals surface area contributed by atoms with E-state index in [2.05, 4.69) is 48.2 Å². The van der Waals surface area contributed by atoms with Crippen LogP contribution in [-0.2, 0) is 13.0 Å². The summed E-state index contributed by atoms with van der Waals surface area (Å²) in [5, 5.41) is 14.5. The fourth-order valence-electron chi connectivity index (χ4n) is 6.78. The number of nitrogens with two attached hydrogens (primary N) is 1. The van der Waals surface area contributed by atoms with Gasteiger partial charge < -0.3 is 26.0 Å². The number of anilines is 1. The van der Waals surface area contributed by atoms with Gasteiger partial charge in [0.05, 0.1) is 30.1 Å². The SMILES string of the molecule is COc1ccc(CCn2c(C(N)=NC=N)nc3cc(NC(=NC4C[C@@H](C)C(C)(C)C[C@@H]4C)N4CCN[C@@H](CF)C4)ccc3c2=O)c(F)c1. The molecule has 1 saturated carbocycles. The number of aromatic nitrogens is 2. The number of nitrogens with one attached hydrogen (secondary N) is 3. The number of hydrogen-bond donors (Lipinski definition) is 4. The van der Waals surface area contributed by atoms with Crippen molar-refractivity contribution in [2.45, 2.75) is 65.6 Å². The average Bonchev–Trinajstić information content (AvgIpc) is 3.06. The standard InChI is InChI=1S/C35H47F2N9O2/c1-21-17-35(3,4)22(2)14-29(21)44-34(45-13-11-40-25(18-36)19-45)42-24-7-9-27-30(15-24)43-32(31(39)41-20-38)46(33(27)47)12-10-23-6-8-26(48-5)16-28(23)37/h6-9,15-16,20-22,25,29,40H,10-14,17-19H2,1-5H3,(H,42,44)(H3,38,39,41)/t21-,22+,25-,29?/m0/s1. The summed E-state index contributed by atoms with van der Waals surface area (Å²) in [6.07, 6.45) is 2.98. The molecule has 3 aromatic rings. The monoisotopic (exact) mass is 663 g/mol. The molecule has 258 valence electrons. The number of amidine groups is 1. The number of aryl methyl sites for hydroxylation is 1. The molecule has 0 bridgehead atoms. The van der Waals surface area contributed by atoms with Gasteiger partial charge in [-0.3, -0.25) is 14.8 Å². The highest BCUT2D eigenvalue weighted by atomic mass is 19.1. The Morgan fingerprint density at radius 1 is 1.27 bits per heavy atom. The molecule has 1 saturated heterocycles. The summed E-state index contributed by atoms with van der Waals surface area (Å²) in [7, 11) is 1.46. The van der Waals surface area contributed by atoms with E-state index >= 15 is 0 Å². The van der Waals surface area contributed by atoms with E-state index in [0.717, 1.165) is 19.2 Å². The third kappa shape index (κ3) is 7.67. The number of fused-ring (bicyclic) bond motifs is 1. The molecule has 0 radical (unpaired) electrons.